The van der Waals surface area contributed by atoms with Gasteiger partial charge in [0.2, 0.25) is 0 Å². The van der Waals surface area contributed by atoms with E-state index in [1.807, 2.05) is 41.3 Å². The van der Waals surface area contributed by atoms with Gasteiger partial charge in [-0.05, 0) is 36.8 Å². The van der Waals surface area contributed by atoms with Gasteiger partial charge in [-0.2, -0.15) is 28.4 Å². The van der Waals surface area contributed by atoms with E-state index in [1.54, 1.807) is 0 Å². The van der Waals surface area contributed by atoms with Gasteiger partial charge in [-0.15, -0.1) is 0 Å². The number of halogens is 4. The maximum Gasteiger partial charge on any atom is 0.471 e. The molecule has 1 aromatic heterocycles. The number of nitriles is 1. The van der Waals surface area contributed by atoms with E-state index in [4.69, 9.17) is 26.3 Å². The number of amides is 2. The van der Waals surface area contributed by atoms with E-state index in [0.717, 1.165) is 26.9 Å². The average molecular weight is 658 g/mol. The van der Waals surface area contributed by atoms with E-state index in [9.17, 15) is 33.1 Å². The number of likely N-dealkylation sites (tertiary alicyclic amines) is 1. The summed E-state index contributed by atoms with van der Waals surface area (Å²) in [6.07, 6.45) is -4.77. The summed E-state index contributed by atoms with van der Waals surface area (Å²) in [5.74, 6) is -1.35. The van der Waals surface area contributed by atoms with E-state index >= 15 is 0 Å². The first-order valence-electron chi connectivity index (χ1n) is 15.0. The molecule has 15 heteroatoms. The van der Waals surface area contributed by atoms with Crippen molar-refractivity contribution in [3.63, 3.8) is 0 Å². The first kappa shape index (κ1) is 31.5. The van der Waals surface area contributed by atoms with Crippen molar-refractivity contribution in [2.75, 3.05) is 49.1 Å². The molecule has 3 aliphatic heterocycles. The number of carbonyl (C=O) groups excluding carboxylic acids is 1. The molecule has 0 bridgehead atoms. The Bertz CT molecular complexity index is 1700. The number of aromatic nitrogens is 2. The molecule has 1 unspecified atom stereocenters. The molecule has 0 radical (unpaired) electrons. The molecule has 0 spiro atoms. The van der Waals surface area contributed by atoms with Crippen LogP contribution in [0.25, 0.3) is 10.8 Å². The molecule has 3 aromatic rings. The smallest absolute Gasteiger partial charge is 0.465 e. The van der Waals surface area contributed by atoms with Crippen LogP contribution in [0.5, 0.6) is 6.01 Å². The molecule has 3 aliphatic rings. The van der Waals surface area contributed by atoms with Crippen molar-refractivity contribution in [2.45, 2.75) is 50.5 Å². The fourth-order valence-corrected chi connectivity index (χ4v) is 6.93. The normalized spacial score (nSPS) is 20.1. The summed E-state index contributed by atoms with van der Waals surface area (Å²) >= 11 is 6.63. The lowest BCUT2D eigenvalue weighted by Crippen LogP contribution is -2.55. The van der Waals surface area contributed by atoms with Gasteiger partial charge in [0.05, 0.1) is 41.8 Å². The molecule has 242 valence electrons. The zero-order valence-corrected chi connectivity index (χ0v) is 25.5. The molecule has 0 aliphatic carbocycles. The molecule has 6 rings (SSSR count). The van der Waals surface area contributed by atoms with Crippen molar-refractivity contribution >= 4 is 45.9 Å². The van der Waals surface area contributed by atoms with E-state index in [2.05, 4.69) is 11.0 Å². The van der Waals surface area contributed by atoms with E-state index in [1.165, 1.54) is 4.90 Å². The van der Waals surface area contributed by atoms with Gasteiger partial charge in [0.25, 0.3) is 0 Å². The highest BCUT2D eigenvalue weighted by Gasteiger charge is 2.46. The lowest BCUT2D eigenvalue weighted by molar-refractivity contribution is -0.186. The number of anilines is 2. The highest BCUT2D eigenvalue weighted by Crippen LogP contribution is 2.37. The Labute approximate surface area is 267 Å². The Hall–Kier alpha value is -4.51. The SMILES string of the molecule is N#CCC1CN(c2nc(OC[C@@H]3CCCN3C(=O)C(F)(F)F)nc3c2CCN(c2cccc4cccc(Cl)c24)C3)CCN1C(=O)O. The van der Waals surface area contributed by atoms with Crippen LogP contribution in [0.2, 0.25) is 5.02 Å². The predicted octanol–water partition coefficient (Wildman–Crippen LogP) is 4.86. The number of alkyl halides is 3. The molecule has 4 heterocycles. The number of hydrogen-bond donors (Lipinski definition) is 1. The summed E-state index contributed by atoms with van der Waals surface area (Å²) in [5.41, 5.74) is 2.43. The maximum absolute atomic E-state index is 13.2. The second-order valence-electron chi connectivity index (χ2n) is 11.6. The minimum Gasteiger partial charge on any atom is -0.465 e. The summed E-state index contributed by atoms with van der Waals surface area (Å²) in [6.45, 7) is 1.45. The molecule has 1 N–H and O–H groups in total. The van der Waals surface area contributed by atoms with Crippen LogP contribution in [0.3, 0.4) is 0 Å². The van der Waals surface area contributed by atoms with E-state index in [-0.39, 0.29) is 38.7 Å². The van der Waals surface area contributed by atoms with Gasteiger partial charge in [0.1, 0.15) is 12.4 Å². The fraction of sp³-hybridized carbons (Fsp3) is 0.452. The van der Waals surface area contributed by atoms with Gasteiger partial charge in [-0.3, -0.25) is 4.79 Å². The second-order valence-corrected chi connectivity index (χ2v) is 12.0. The number of fused-ring (bicyclic) bond motifs is 2. The van der Waals surface area contributed by atoms with Crippen molar-refractivity contribution in [3.8, 4) is 12.1 Å². The van der Waals surface area contributed by atoms with Crippen LogP contribution in [0.15, 0.2) is 36.4 Å². The van der Waals surface area contributed by atoms with Crippen molar-refractivity contribution in [1.29, 1.82) is 5.26 Å². The molecule has 2 fully saturated rings. The number of carbonyl (C=O) groups is 2. The van der Waals surface area contributed by atoms with Crippen molar-refractivity contribution in [3.05, 3.63) is 52.7 Å². The summed E-state index contributed by atoms with van der Waals surface area (Å²) in [5, 5.41) is 21.6. The third-order valence-electron chi connectivity index (χ3n) is 8.84. The van der Waals surface area contributed by atoms with Gasteiger partial charge in [-0.25, -0.2) is 4.79 Å². The summed E-state index contributed by atoms with van der Waals surface area (Å²) < 4.78 is 45.6. The average Bonchev–Trinajstić information content (AvgIpc) is 3.50. The third-order valence-corrected chi connectivity index (χ3v) is 9.15. The second kappa shape index (κ2) is 12.7. The molecule has 46 heavy (non-hydrogen) atoms. The molecule has 2 atom stereocenters. The van der Waals surface area contributed by atoms with E-state index in [0.29, 0.717) is 55.4 Å². The molecule has 2 aromatic carbocycles. The van der Waals surface area contributed by atoms with Crippen LogP contribution in [-0.4, -0.2) is 94.5 Å². The highest BCUT2D eigenvalue weighted by molar-refractivity contribution is 6.36. The van der Waals surface area contributed by atoms with Crippen LogP contribution in [-0.2, 0) is 17.8 Å². The van der Waals surface area contributed by atoms with Crippen LogP contribution in [0.1, 0.15) is 30.5 Å². The number of rotatable bonds is 6. The summed E-state index contributed by atoms with van der Waals surface area (Å²) in [7, 11) is 0. The molecule has 11 nitrogen and oxygen atoms in total. The molecular formula is C31H31ClF3N7O4. The molecule has 0 saturated carbocycles. The van der Waals surface area contributed by atoms with Gasteiger partial charge < -0.3 is 29.4 Å². The fourth-order valence-electron chi connectivity index (χ4n) is 6.65. The standard InChI is InChI=1S/C31H31ClF3N7O4/c32-23-7-1-4-19-5-2-8-25(26(19)23)39-13-10-22-24(17-39)37-29(46-18-21-6-3-12-41(21)28(43)31(33,34)35)38-27(22)40-14-15-42(30(44)45)20(16-40)9-11-36/h1-2,4-5,7-8,20-21H,3,6,9-10,12-18H2,(H,44,45)/t20?,21-/m0/s1. The van der Waals surface area contributed by atoms with Gasteiger partial charge in [-0.1, -0.05) is 35.9 Å². The number of nitrogens with zero attached hydrogens (tertiary/aromatic N) is 7. The summed E-state index contributed by atoms with van der Waals surface area (Å²) in [6, 6.07) is 12.3. The van der Waals surface area contributed by atoms with Crippen LogP contribution in [0.4, 0.5) is 29.5 Å². The van der Waals surface area contributed by atoms with Crippen molar-refractivity contribution in [1.82, 2.24) is 19.8 Å². The van der Waals surface area contributed by atoms with Crippen LogP contribution >= 0.6 is 11.6 Å². The Morgan fingerprint density at radius 1 is 1.04 bits per heavy atom. The third kappa shape index (κ3) is 6.16. The number of hydrogen-bond acceptors (Lipinski definition) is 8. The largest absolute Gasteiger partial charge is 0.471 e. The van der Waals surface area contributed by atoms with Crippen molar-refractivity contribution in [2.24, 2.45) is 0 Å². The van der Waals surface area contributed by atoms with Crippen LogP contribution in [0, 0.1) is 11.3 Å². The van der Waals surface area contributed by atoms with E-state index < -0.39 is 30.3 Å². The van der Waals surface area contributed by atoms with Gasteiger partial charge >= 0.3 is 24.2 Å². The lowest BCUT2D eigenvalue weighted by atomic mass is 10.0. The van der Waals surface area contributed by atoms with Crippen molar-refractivity contribution < 1.29 is 32.6 Å². The zero-order chi connectivity index (χ0) is 32.6. The Balaban J connectivity index is 1.33. The summed E-state index contributed by atoms with van der Waals surface area (Å²) in [4.78, 5) is 39.4. The Morgan fingerprint density at radius 3 is 2.57 bits per heavy atom. The number of ether oxygens (including phenoxy) is 1. The number of benzene rings is 2. The minimum atomic E-state index is -4.98. The Morgan fingerprint density at radius 2 is 1.83 bits per heavy atom. The van der Waals surface area contributed by atoms with Crippen LogP contribution < -0.4 is 14.5 Å². The minimum absolute atomic E-state index is 0.000200. The molecule has 2 saturated heterocycles. The highest BCUT2D eigenvalue weighted by atomic mass is 35.5. The first-order chi connectivity index (χ1) is 22.0. The first-order valence-corrected chi connectivity index (χ1v) is 15.4. The molecular weight excluding hydrogens is 627 g/mol. The van der Waals surface area contributed by atoms with Gasteiger partial charge in [0.15, 0.2) is 0 Å². The predicted molar refractivity (Wildman–Crippen MR) is 163 cm³/mol. The quantitative estimate of drug-likeness (QED) is 0.396. The number of piperazine rings is 1. The Kier molecular flexibility index (Phi) is 8.69. The number of carboxylic acid groups (broad SMARTS) is 1. The maximum atomic E-state index is 13.2. The topological polar surface area (TPSA) is 126 Å². The van der Waals surface area contributed by atoms with Gasteiger partial charge in [0, 0.05) is 49.4 Å². The molecule has 2 amide bonds. The zero-order valence-electron chi connectivity index (χ0n) is 24.7. The monoisotopic (exact) mass is 657 g/mol. The lowest BCUT2D eigenvalue weighted by Gasteiger charge is -2.41.